The van der Waals surface area contributed by atoms with Crippen LogP contribution in [0, 0.1) is 18.8 Å². The average molecular weight is 326 g/mol. The predicted molar refractivity (Wildman–Crippen MR) is 92.7 cm³/mol. The Kier molecular flexibility index (Phi) is 4.69. The largest absolute Gasteiger partial charge is 0.481 e. The standard InChI is InChI=1S/C19H22N2O3/c1-12-13(14-6-4-5-9-17(14)21-12)10-11-20-18(22)15-7-2-3-8-16(15)19(23)24/h2-6,9,15-16,21H,7-8,10-11H2,1H3,(H,20,22)(H,23,24)/t15-,16-/m0/s1. The van der Waals surface area contributed by atoms with Crippen LogP contribution in [0.4, 0.5) is 0 Å². The molecule has 24 heavy (non-hydrogen) atoms. The van der Waals surface area contributed by atoms with Crippen LogP contribution in [0.1, 0.15) is 24.1 Å². The summed E-state index contributed by atoms with van der Waals surface area (Å²) in [7, 11) is 0. The quantitative estimate of drug-likeness (QED) is 0.739. The summed E-state index contributed by atoms with van der Waals surface area (Å²) in [5.74, 6) is -2.15. The lowest BCUT2D eigenvalue weighted by atomic mass is 9.82. The molecule has 5 nitrogen and oxygen atoms in total. The topological polar surface area (TPSA) is 82.2 Å². The van der Waals surface area contributed by atoms with E-state index in [-0.39, 0.29) is 5.91 Å². The molecule has 0 bridgehead atoms. The number of para-hydroxylation sites is 1. The van der Waals surface area contributed by atoms with E-state index in [1.807, 2.05) is 37.3 Å². The third-order valence-corrected chi connectivity index (χ3v) is 4.79. The van der Waals surface area contributed by atoms with Crippen molar-refractivity contribution in [1.29, 1.82) is 0 Å². The number of hydrogen-bond acceptors (Lipinski definition) is 2. The summed E-state index contributed by atoms with van der Waals surface area (Å²) in [6.45, 7) is 2.54. The maximum Gasteiger partial charge on any atom is 0.307 e. The third kappa shape index (κ3) is 3.20. The van der Waals surface area contributed by atoms with E-state index in [1.54, 1.807) is 0 Å². The number of hydrogen-bond donors (Lipinski definition) is 3. The van der Waals surface area contributed by atoms with Gasteiger partial charge in [-0.3, -0.25) is 9.59 Å². The molecule has 3 rings (SSSR count). The van der Waals surface area contributed by atoms with Crippen molar-refractivity contribution in [3.8, 4) is 0 Å². The second-order valence-electron chi connectivity index (χ2n) is 6.31. The van der Waals surface area contributed by atoms with Crippen LogP contribution in [-0.4, -0.2) is 28.5 Å². The van der Waals surface area contributed by atoms with Gasteiger partial charge in [0.05, 0.1) is 11.8 Å². The summed E-state index contributed by atoms with van der Waals surface area (Å²) in [5, 5.41) is 13.4. The van der Waals surface area contributed by atoms with Crippen LogP contribution in [0.25, 0.3) is 10.9 Å². The summed E-state index contributed by atoms with van der Waals surface area (Å²) in [5.41, 5.74) is 3.40. The van der Waals surface area contributed by atoms with Crippen LogP contribution in [0.2, 0.25) is 0 Å². The molecule has 3 N–H and O–H groups in total. The minimum absolute atomic E-state index is 0.163. The number of aromatic nitrogens is 1. The van der Waals surface area contributed by atoms with Crippen molar-refractivity contribution < 1.29 is 14.7 Å². The molecule has 1 aliphatic rings. The highest BCUT2D eigenvalue weighted by Gasteiger charge is 2.33. The van der Waals surface area contributed by atoms with Crippen molar-refractivity contribution in [2.45, 2.75) is 26.2 Å². The van der Waals surface area contributed by atoms with E-state index in [4.69, 9.17) is 0 Å². The number of fused-ring (bicyclic) bond motifs is 1. The number of nitrogens with one attached hydrogen (secondary N) is 2. The van der Waals surface area contributed by atoms with Crippen molar-refractivity contribution >= 4 is 22.8 Å². The fourth-order valence-electron chi connectivity index (χ4n) is 3.48. The lowest BCUT2D eigenvalue weighted by Gasteiger charge is -2.24. The molecular formula is C19H22N2O3. The molecule has 1 aromatic carbocycles. The van der Waals surface area contributed by atoms with Crippen LogP contribution in [0.5, 0.6) is 0 Å². The van der Waals surface area contributed by atoms with Crippen molar-refractivity contribution in [1.82, 2.24) is 10.3 Å². The Morgan fingerprint density at radius 3 is 2.67 bits per heavy atom. The zero-order valence-electron chi connectivity index (χ0n) is 13.7. The smallest absolute Gasteiger partial charge is 0.307 e. The van der Waals surface area contributed by atoms with Gasteiger partial charge in [-0.05, 0) is 37.8 Å². The van der Waals surface area contributed by atoms with Gasteiger partial charge in [0.2, 0.25) is 5.91 Å². The Morgan fingerprint density at radius 2 is 1.92 bits per heavy atom. The first-order valence-corrected chi connectivity index (χ1v) is 8.29. The third-order valence-electron chi connectivity index (χ3n) is 4.79. The Balaban J connectivity index is 1.63. The van der Waals surface area contributed by atoms with Crippen LogP contribution < -0.4 is 5.32 Å². The summed E-state index contributed by atoms with van der Waals surface area (Å²) >= 11 is 0. The van der Waals surface area contributed by atoms with Gasteiger partial charge in [-0.1, -0.05) is 30.4 Å². The van der Waals surface area contributed by atoms with Gasteiger partial charge in [0, 0.05) is 23.1 Å². The minimum Gasteiger partial charge on any atom is -0.481 e. The normalized spacial score (nSPS) is 20.2. The zero-order chi connectivity index (χ0) is 17.1. The second-order valence-corrected chi connectivity index (χ2v) is 6.31. The van der Waals surface area contributed by atoms with Gasteiger partial charge in [0.15, 0.2) is 0 Å². The van der Waals surface area contributed by atoms with Gasteiger partial charge in [0.1, 0.15) is 0 Å². The molecule has 0 aliphatic heterocycles. The number of aryl methyl sites for hydroxylation is 1. The number of carboxylic acids is 1. The first-order chi connectivity index (χ1) is 11.6. The fraction of sp³-hybridized carbons (Fsp3) is 0.368. The zero-order valence-corrected chi connectivity index (χ0v) is 13.7. The van der Waals surface area contributed by atoms with Gasteiger partial charge in [-0.25, -0.2) is 0 Å². The molecule has 126 valence electrons. The Labute approximate surface area is 140 Å². The maximum atomic E-state index is 12.4. The Bertz CT molecular complexity index is 791. The molecule has 0 saturated heterocycles. The van der Waals surface area contributed by atoms with Crippen molar-refractivity contribution in [3.63, 3.8) is 0 Å². The van der Waals surface area contributed by atoms with Crippen molar-refractivity contribution in [2.75, 3.05) is 6.54 Å². The van der Waals surface area contributed by atoms with Gasteiger partial charge in [-0.15, -0.1) is 0 Å². The van der Waals surface area contributed by atoms with E-state index in [0.717, 1.165) is 17.6 Å². The first-order valence-electron chi connectivity index (χ1n) is 8.29. The maximum absolute atomic E-state index is 12.4. The predicted octanol–water partition coefficient (Wildman–Crippen LogP) is 2.80. The number of rotatable bonds is 5. The molecule has 1 aliphatic carbocycles. The lowest BCUT2D eigenvalue weighted by Crippen LogP contribution is -2.39. The summed E-state index contributed by atoms with van der Waals surface area (Å²) in [4.78, 5) is 27.0. The van der Waals surface area contributed by atoms with E-state index in [0.29, 0.717) is 19.4 Å². The molecule has 0 radical (unpaired) electrons. The fourth-order valence-corrected chi connectivity index (χ4v) is 3.48. The molecule has 1 aromatic heterocycles. The van der Waals surface area contributed by atoms with Gasteiger partial charge < -0.3 is 15.4 Å². The lowest BCUT2D eigenvalue weighted by molar-refractivity contribution is -0.147. The Morgan fingerprint density at radius 1 is 1.21 bits per heavy atom. The molecule has 2 atom stereocenters. The van der Waals surface area contributed by atoms with E-state index >= 15 is 0 Å². The van der Waals surface area contributed by atoms with E-state index in [2.05, 4.69) is 16.4 Å². The number of amides is 1. The summed E-state index contributed by atoms with van der Waals surface area (Å²) in [6.07, 6.45) is 5.39. The molecule has 2 aromatic rings. The van der Waals surface area contributed by atoms with Gasteiger partial charge >= 0.3 is 5.97 Å². The van der Waals surface area contributed by atoms with Crippen molar-refractivity contribution in [3.05, 3.63) is 47.7 Å². The van der Waals surface area contributed by atoms with Gasteiger partial charge in [0.25, 0.3) is 0 Å². The highest BCUT2D eigenvalue weighted by Crippen LogP contribution is 2.26. The number of benzene rings is 1. The number of carbonyl (C=O) groups excluding carboxylic acids is 1. The number of allylic oxidation sites excluding steroid dienone is 2. The number of aliphatic carboxylic acids is 1. The van der Waals surface area contributed by atoms with Crippen LogP contribution in [0.3, 0.4) is 0 Å². The number of H-pyrrole nitrogens is 1. The first kappa shape index (κ1) is 16.3. The highest BCUT2D eigenvalue weighted by molar-refractivity contribution is 5.86. The van der Waals surface area contributed by atoms with Gasteiger partial charge in [-0.2, -0.15) is 0 Å². The minimum atomic E-state index is -0.896. The molecular weight excluding hydrogens is 304 g/mol. The monoisotopic (exact) mass is 326 g/mol. The van der Waals surface area contributed by atoms with Crippen LogP contribution in [0.15, 0.2) is 36.4 Å². The number of aromatic amines is 1. The highest BCUT2D eigenvalue weighted by atomic mass is 16.4. The average Bonchev–Trinajstić information content (AvgIpc) is 2.90. The number of carbonyl (C=O) groups is 2. The molecule has 0 fully saturated rings. The molecule has 1 amide bonds. The number of carboxylic acid groups (broad SMARTS) is 1. The van der Waals surface area contributed by atoms with E-state index in [1.165, 1.54) is 10.9 Å². The SMILES string of the molecule is Cc1[nH]c2ccccc2c1CCNC(=O)[C@H]1CC=CC[C@@H]1C(=O)O. The van der Waals surface area contributed by atoms with Crippen LogP contribution in [-0.2, 0) is 16.0 Å². The van der Waals surface area contributed by atoms with E-state index in [9.17, 15) is 14.7 Å². The van der Waals surface area contributed by atoms with Crippen molar-refractivity contribution in [2.24, 2.45) is 11.8 Å². The molecule has 0 unspecified atom stereocenters. The molecule has 0 saturated carbocycles. The molecule has 0 spiro atoms. The second kappa shape index (κ2) is 6.91. The van der Waals surface area contributed by atoms with Crippen LogP contribution >= 0.6 is 0 Å². The summed E-state index contributed by atoms with van der Waals surface area (Å²) in [6, 6.07) is 8.11. The molecule has 1 heterocycles. The molecule has 5 heteroatoms. The Hall–Kier alpha value is -2.56. The summed E-state index contributed by atoms with van der Waals surface area (Å²) < 4.78 is 0. The van der Waals surface area contributed by atoms with E-state index < -0.39 is 17.8 Å².